The number of hydrogen-bond acceptors (Lipinski definition) is 1. The highest BCUT2D eigenvalue weighted by atomic mass is 16.2. The number of carbonyl (C=O) groups is 1. The number of amides is 2. The highest BCUT2D eigenvalue weighted by molar-refractivity contribution is 5.74. The Bertz CT molecular complexity index is 334. The second-order valence-corrected chi connectivity index (χ2v) is 4.57. The number of urea groups is 1. The van der Waals surface area contributed by atoms with Crippen LogP contribution >= 0.6 is 0 Å². The first-order chi connectivity index (χ1) is 7.75. The summed E-state index contributed by atoms with van der Waals surface area (Å²) in [6, 6.07) is 2.03. The van der Waals surface area contributed by atoms with Crippen molar-refractivity contribution in [2.45, 2.75) is 26.3 Å². The van der Waals surface area contributed by atoms with Crippen LogP contribution in [0.15, 0.2) is 18.5 Å². The zero-order chi connectivity index (χ0) is 11.4. The molecule has 88 valence electrons. The van der Waals surface area contributed by atoms with E-state index in [1.165, 1.54) is 6.42 Å². The van der Waals surface area contributed by atoms with Crippen molar-refractivity contribution < 1.29 is 4.79 Å². The molecule has 1 atom stereocenters. The van der Waals surface area contributed by atoms with Gasteiger partial charge >= 0.3 is 6.03 Å². The number of H-pyrrole nitrogens is 1. The number of aromatic nitrogens is 1. The van der Waals surface area contributed by atoms with Crippen molar-refractivity contribution in [2.75, 3.05) is 13.1 Å². The van der Waals surface area contributed by atoms with E-state index in [9.17, 15) is 4.79 Å². The third-order valence-corrected chi connectivity index (χ3v) is 3.05. The van der Waals surface area contributed by atoms with Gasteiger partial charge in [-0.2, -0.15) is 0 Å². The van der Waals surface area contributed by atoms with Gasteiger partial charge in [-0.1, -0.05) is 6.92 Å². The van der Waals surface area contributed by atoms with Crippen LogP contribution in [-0.4, -0.2) is 29.0 Å². The van der Waals surface area contributed by atoms with Gasteiger partial charge < -0.3 is 15.2 Å². The molecule has 0 spiro atoms. The number of piperidine rings is 1. The molecule has 1 aliphatic rings. The predicted octanol–water partition coefficient (Wildman–Crippen LogP) is 1.96. The number of nitrogens with zero attached hydrogens (tertiary/aromatic N) is 1. The van der Waals surface area contributed by atoms with Crippen LogP contribution in [0.1, 0.15) is 25.3 Å². The van der Waals surface area contributed by atoms with Gasteiger partial charge in [-0.15, -0.1) is 0 Å². The fraction of sp³-hybridized carbons (Fsp3) is 0.583. The molecule has 1 aromatic rings. The lowest BCUT2D eigenvalue weighted by atomic mass is 10.0. The van der Waals surface area contributed by atoms with Crippen molar-refractivity contribution >= 4 is 6.03 Å². The number of hydrogen-bond donors (Lipinski definition) is 2. The molecule has 4 heteroatoms. The Kier molecular flexibility index (Phi) is 3.49. The van der Waals surface area contributed by atoms with Crippen molar-refractivity contribution in [3.8, 4) is 0 Å². The molecule has 1 fully saturated rings. The molecule has 1 unspecified atom stereocenters. The van der Waals surface area contributed by atoms with Gasteiger partial charge in [-0.25, -0.2) is 4.79 Å². The van der Waals surface area contributed by atoms with Crippen molar-refractivity contribution in [3.05, 3.63) is 24.0 Å². The molecule has 2 rings (SSSR count). The Morgan fingerprint density at radius 3 is 3.25 bits per heavy atom. The number of rotatable bonds is 2. The highest BCUT2D eigenvalue weighted by Gasteiger charge is 2.20. The van der Waals surface area contributed by atoms with Gasteiger partial charge in [0.15, 0.2) is 0 Å². The third kappa shape index (κ3) is 2.78. The molecule has 4 nitrogen and oxygen atoms in total. The van der Waals surface area contributed by atoms with Crippen LogP contribution in [0.5, 0.6) is 0 Å². The second kappa shape index (κ2) is 5.05. The van der Waals surface area contributed by atoms with Crippen LogP contribution in [0.2, 0.25) is 0 Å². The van der Waals surface area contributed by atoms with Crippen molar-refractivity contribution in [2.24, 2.45) is 5.92 Å². The van der Waals surface area contributed by atoms with Gasteiger partial charge in [-0.05, 0) is 30.4 Å². The number of aromatic amines is 1. The smallest absolute Gasteiger partial charge is 0.317 e. The molecule has 0 aromatic carbocycles. The highest BCUT2D eigenvalue weighted by Crippen LogP contribution is 2.15. The standard InChI is InChI=1S/C12H19N3O/c1-10-3-2-6-15(9-10)12(16)14-8-11-4-5-13-7-11/h4-5,7,10,13H,2-3,6,8-9H2,1H3,(H,14,16). The van der Waals surface area contributed by atoms with Crippen LogP contribution in [-0.2, 0) is 6.54 Å². The third-order valence-electron chi connectivity index (χ3n) is 3.05. The van der Waals surface area contributed by atoms with E-state index < -0.39 is 0 Å². The molecule has 0 aliphatic carbocycles. The molecular formula is C12H19N3O. The molecule has 2 N–H and O–H groups in total. The number of likely N-dealkylation sites (tertiary alicyclic amines) is 1. The lowest BCUT2D eigenvalue weighted by Gasteiger charge is -2.30. The van der Waals surface area contributed by atoms with Gasteiger partial charge in [0.25, 0.3) is 0 Å². The largest absolute Gasteiger partial charge is 0.367 e. The Hall–Kier alpha value is -1.45. The summed E-state index contributed by atoms with van der Waals surface area (Å²) in [5.74, 6) is 0.631. The monoisotopic (exact) mass is 221 g/mol. The van der Waals surface area contributed by atoms with E-state index in [2.05, 4.69) is 17.2 Å². The molecule has 1 aliphatic heterocycles. The van der Waals surface area contributed by atoms with Crippen molar-refractivity contribution in [1.82, 2.24) is 15.2 Å². The maximum atomic E-state index is 11.8. The van der Waals surface area contributed by atoms with Gasteiger partial charge in [0, 0.05) is 32.0 Å². The minimum absolute atomic E-state index is 0.0627. The van der Waals surface area contributed by atoms with Crippen molar-refractivity contribution in [1.29, 1.82) is 0 Å². The normalized spacial score (nSPS) is 20.8. The van der Waals surface area contributed by atoms with Gasteiger partial charge in [0.2, 0.25) is 0 Å². The van der Waals surface area contributed by atoms with Gasteiger partial charge in [0.1, 0.15) is 0 Å². The summed E-state index contributed by atoms with van der Waals surface area (Å²) >= 11 is 0. The van der Waals surface area contributed by atoms with Crippen LogP contribution in [0.4, 0.5) is 4.79 Å². The Morgan fingerprint density at radius 2 is 2.56 bits per heavy atom. The summed E-state index contributed by atoms with van der Waals surface area (Å²) in [7, 11) is 0. The molecule has 2 amide bonds. The molecule has 0 radical (unpaired) electrons. The lowest BCUT2D eigenvalue weighted by molar-refractivity contribution is 0.169. The summed E-state index contributed by atoms with van der Waals surface area (Å²) in [5, 5.41) is 2.94. The minimum atomic E-state index is 0.0627. The zero-order valence-electron chi connectivity index (χ0n) is 9.70. The van der Waals surface area contributed by atoms with Gasteiger partial charge in [0.05, 0.1) is 0 Å². The fourth-order valence-corrected chi connectivity index (χ4v) is 2.13. The van der Waals surface area contributed by atoms with E-state index in [4.69, 9.17) is 0 Å². The van der Waals surface area contributed by atoms with Gasteiger partial charge in [-0.3, -0.25) is 0 Å². The van der Waals surface area contributed by atoms with Crippen LogP contribution in [0.25, 0.3) is 0 Å². The Morgan fingerprint density at radius 1 is 1.69 bits per heavy atom. The van der Waals surface area contributed by atoms with Crippen LogP contribution in [0, 0.1) is 5.92 Å². The quantitative estimate of drug-likeness (QED) is 0.788. The van der Waals surface area contributed by atoms with E-state index in [1.807, 2.05) is 23.4 Å². The molecule has 1 aromatic heterocycles. The zero-order valence-corrected chi connectivity index (χ0v) is 9.70. The fourth-order valence-electron chi connectivity index (χ4n) is 2.13. The maximum absolute atomic E-state index is 11.8. The number of nitrogens with one attached hydrogen (secondary N) is 2. The Balaban J connectivity index is 1.79. The van der Waals surface area contributed by atoms with Crippen LogP contribution < -0.4 is 5.32 Å². The average molecular weight is 221 g/mol. The first-order valence-electron chi connectivity index (χ1n) is 5.90. The first kappa shape index (κ1) is 11.0. The van der Waals surface area contributed by atoms with E-state index in [0.29, 0.717) is 12.5 Å². The SMILES string of the molecule is CC1CCCN(C(=O)NCc2cc[nH]c2)C1. The van der Waals surface area contributed by atoms with E-state index in [1.54, 1.807) is 0 Å². The summed E-state index contributed by atoms with van der Waals surface area (Å²) < 4.78 is 0. The molecule has 0 saturated carbocycles. The lowest BCUT2D eigenvalue weighted by Crippen LogP contribution is -2.44. The second-order valence-electron chi connectivity index (χ2n) is 4.57. The topological polar surface area (TPSA) is 48.1 Å². The molecule has 2 heterocycles. The summed E-state index contributed by atoms with van der Waals surface area (Å²) in [6.07, 6.45) is 6.13. The van der Waals surface area contributed by atoms with Crippen molar-refractivity contribution in [3.63, 3.8) is 0 Å². The summed E-state index contributed by atoms with van der Waals surface area (Å²) in [4.78, 5) is 16.7. The molecule has 0 bridgehead atoms. The van der Waals surface area contributed by atoms with E-state index in [-0.39, 0.29) is 6.03 Å². The first-order valence-corrected chi connectivity index (χ1v) is 5.90. The summed E-state index contributed by atoms with van der Waals surface area (Å²) in [6.45, 7) is 4.58. The molecule has 1 saturated heterocycles. The molecule has 16 heavy (non-hydrogen) atoms. The van der Waals surface area contributed by atoms with Crippen LogP contribution in [0.3, 0.4) is 0 Å². The average Bonchev–Trinajstić information content (AvgIpc) is 2.78. The predicted molar refractivity (Wildman–Crippen MR) is 63.0 cm³/mol. The molecular weight excluding hydrogens is 202 g/mol. The maximum Gasteiger partial charge on any atom is 0.317 e. The minimum Gasteiger partial charge on any atom is -0.367 e. The van der Waals surface area contributed by atoms with E-state index >= 15 is 0 Å². The summed E-state index contributed by atoms with van der Waals surface area (Å²) in [5.41, 5.74) is 1.11. The van der Waals surface area contributed by atoms with E-state index in [0.717, 1.165) is 25.1 Å². The Labute approximate surface area is 96.0 Å². The number of carbonyl (C=O) groups excluding carboxylic acids is 1.